The van der Waals surface area contributed by atoms with Crippen LogP contribution in [0, 0.1) is 6.92 Å². The topological polar surface area (TPSA) is 70.2 Å². The molecule has 0 fully saturated rings. The van der Waals surface area contributed by atoms with Gasteiger partial charge in [-0.3, -0.25) is 4.79 Å². The molecule has 0 radical (unpaired) electrons. The van der Waals surface area contributed by atoms with Crippen LogP contribution in [0.2, 0.25) is 0 Å². The number of nitrogens with zero attached hydrogens (tertiary/aromatic N) is 3. The zero-order valence-electron chi connectivity index (χ0n) is 14.3. The number of carbonyl (C=O) groups is 1. The third-order valence-electron chi connectivity index (χ3n) is 3.44. The summed E-state index contributed by atoms with van der Waals surface area (Å²) in [6.45, 7) is 1.86. The first-order valence-corrected chi connectivity index (χ1v) is 8.64. The van der Waals surface area contributed by atoms with Crippen molar-refractivity contribution in [3.63, 3.8) is 0 Å². The van der Waals surface area contributed by atoms with Gasteiger partial charge < -0.3 is 15.5 Å². The number of amides is 1. The highest BCUT2D eigenvalue weighted by Gasteiger charge is 2.07. The van der Waals surface area contributed by atoms with Crippen molar-refractivity contribution in [1.29, 1.82) is 0 Å². The Morgan fingerprint density at radius 1 is 1.08 bits per heavy atom. The molecule has 0 saturated heterocycles. The monoisotopic (exact) mass is 353 g/mol. The van der Waals surface area contributed by atoms with Gasteiger partial charge in [0.15, 0.2) is 0 Å². The predicted octanol–water partition coefficient (Wildman–Crippen LogP) is 3.91. The number of aromatic nitrogens is 2. The van der Waals surface area contributed by atoms with Crippen LogP contribution >= 0.6 is 11.3 Å². The van der Waals surface area contributed by atoms with E-state index in [1.807, 2.05) is 67.7 Å². The van der Waals surface area contributed by atoms with E-state index in [0.29, 0.717) is 10.7 Å². The lowest BCUT2D eigenvalue weighted by atomic mass is 10.2. The van der Waals surface area contributed by atoms with Gasteiger partial charge in [-0.1, -0.05) is 6.07 Å². The molecular weight excluding hydrogens is 334 g/mol. The van der Waals surface area contributed by atoms with E-state index in [1.54, 1.807) is 6.07 Å². The Morgan fingerprint density at radius 3 is 2.44 bits per heavy atom. The van der Waals surface area contributed by atoms with E-state index in [2.05, 4.69) is 20.6 Å². The third-order valence-corrected chi connectivity index (χ3v) is 4.31. The Hall–Kier alpha value is -2.93. The summed E-state index contributed by atoms with van der Waals surface area (Å²) in [7, 11) is 3.88. The molecule has 2 N–H and O–H groups in total. The SMILES string of the molecule is Cc1nc(Nc2ccc(NC(=O)c3cccs3)cc2)cc(N(C)C)n1. The van der Waals surface area contributed by atoms with Crippen molar-refractivity contribution in [3.05, 3.63) is 58.5 Å². The first-order chi connectivity index (χ1) is 12.0. The highest BCUT2D eigenvalue weighted by Crippen LogP contribution is 2.21. The van der Waals surface area contributed by atoms with Crippen molar-refractivity contribution >= 4 is 40.3 Å². The first-order valence-electron chi connectivity index (χ1n) is 7.76. The van der Waals surface area contributed by atoms with Crippen LogP contribution in [0.3, 0.4) is 0 Å². The van der Waals surface area contributed by atoms with Gasteiger partial charge in [-0.2, -0.15) is 0 Å². The van der Waals surface area contributed by atoms with E-state index in [0.717, 1.165) is 23.0 Å². The van der Waals surface area contributed by atoms with Crippen LogP contribution in [0.4, 0.5) is 23.0 Å². The summed E-state index contributed by atoms with van der Waals surface area (Å²) in [4.78, 5) is 23.4. The van der Waals surface area contributed by atoms with Gasteiger partial charge in [0, 0.05) is 31.5 Å². The Bertz CT molecular complexity index is 860. The van der Waals surface area contributed by atoms with Crippen molar-refractivity contribution in [3.8, 4) is 0 Å². The van der Waals surface area contributed by atoms with Crippen LogP contribution in [0.1, 0.15) is 15.5 Å². The summed E-state index contributed by atoms with van der Waals surface area (Å²) >= 11 is 1.42. The number of hydrogen-bond acceptors (Lipinski definition) is 6. The highest BCUT2D eigenvalue weighted by atomic mass is 32.1. The molecule has 0 aliphatic heterocycles. The molecule has 1 amide bonds. The molecule has 0 spiro atoms. The Morgan fingerprint density at radius 2 is 1.80 bits per heavy atom. The molecule has 3 aromatic rings. The lowest BCUT2D eigenvalue weighted by Gasteiger charge is -2.14. The molecular formula is C18H19N5OS. The second-order valence-electron chi connectivity index (χ2n) is 5.69. The van der Waals surface area contributed by atoms with E-state index in [9.17, 15) is 4.79 Å². The summed E-state index contributed by atoms with van der Waals surface area (Å²) < 4.78 is 0. The normalized spacial score (nSPS) is 10.4. The minimum atomic E-state index is -0.0993. The molecule has 0 aliphatic carbocycles. The van der Waals surface area contributed by atoms with E-state index in [4.69, 9.17) is 0 Å². The molecule has 1 aromatic carbocycles. The van der Waals surface area contributed by atoms with Crippen molar-refractivity contribution in [2.45, 2.75) is 6.92 Å². The van der Waals surface area contributed by atoms with Crippen LogP contribution < -0.4 is 15.5 Å². The second-order valence-corrected chi connectivity index (χ2v) is 6.63. The van der Waals surface area contributed by atoms with E-state index >= 15 is 0 Å². The van der Waals surface area contributed by atoms with Gasteiger partial charge >= 0.3 is 0 Å². The number of nitrogens with one attached hydrogen (secondary N) is 2. The maximum absolute atomic E-state index is 12.1. The average Bonchev–Trinajstić information content (AvgIpc) is 3.11. The number of carbonyl (C=O) groups excluding carboxylic acids is 1. The Kier molecular flexibility index (Phi) is 4.95. The molecule has 3 rings (SSSR count). The zero-order valence-corrected chi connectivity index (χ0v) is 15.1. The van der Waals surface area contributed by atoms with Crippen molar-refractivity contribution in [1.82, 2.24) is 9.97 Å². The lowest BCUT2D eigenvalue weighted by molar-refractivity contribution is 0.103. The van der Waals surface area contributed by atoms with Crippen LogP contribution in [0.15, 0.2) is 47.8 Å². The number of thiophene rings is 1. The number of anilines is 4. The maximum Gasteiger partial charge on any atom is 0.265 e. The molecule has 0 atom stereocenters. The van der Waals surface area contributed by atoms with Gasteiger partial charge in [-0.05, 0) is 42.6 Å². The van der Waals surface area contributed by atoms with E-state index in [-0.39, 0.29) is 5.91 Å². The molecule has 25 heavy (non-hydrogen) atoms. The molecule has 128 valence electrons. The lowest BCUT2D eigenvalue weighted by Crippen LogP contribution is -2.12. The van der Waals surface area contributed by atoms with Gasteiger partial charge in [-0.25, -0.2) is 9.97 Å². The predicted molar refractivity (Wildman–Crippen MR) is 103 cm³/mol. The van der Waals surface area contributed by atoms with Crippen LogP contribution in [0.25, 0.3) is 0 Å². The van der Waals surface area contributed by atoms with Crippen LogP contribution in [0.5, 0.6) is 0 Å². The summed E-state index contributed by atoms with van der Waals surface area (Å²) in [5.74, 6) is 2.17. The van der Waals surface area contributed by atoms with Crippen molar-refractivity contribution in [2.75, 3.05) is 29.6 Å². The number of benzene rings is 1. The summed E-state index contributed by atoms with van der Waals surface area (Å²) in [5, 5.41) is 8.02. The number of rotatable bonds is 5. The Labute approximate surface area is 150 Å². The van der Waals surface area contributed by atoms with Crippen molar-refractivity contribution in [2.24, 2.45) is 0 Å². The minimum absolute atomic E-state index is 0.0993. The maximum atomic E-state index is 12.1. The van der Waals surface area contributed by atoms with Gasteiger partial charge in [0.2, 0.25) is 0 Å². The molecule has 2 heterocycles. The molecule has 0 saturated carbocycles. The summed E-state index contributed by atoms with van der Waals surface area (Å²) in [6, 6.07) is 13.1. The van der Waals surface area contributed by atoms with E-state index in [1.165, 1.54) is 11.3 Å². The van der Waals surface area contributed by atoms with E-state index < -0.39 is 0 Å². The van der Waals surface area contributed by atoms with Gasteiger partial charge in [0.25, 0.3) is 5.91 Å². The summed E-state index contributed by atoms with van der Waals surface area (Å²) in [5.41, 5.74) is 1.63. The van der Waals surface area contributed by atoms with Gasteiger partial charge in [0.1, 0.15) is 17.5 Å². The van der Waals surface area contributed by atoms with Gasteiger partial charge in [0.05, 0.1) is 4.88 Å². The van der Waals surface area contributed by atoms with Gasteiger partial charge in [-0.15, -0.1) is 11.3 Å². The number of hydrogen-bond donors (Lipinski definition) is 2. The summed E-state index contributed by atoms with van der Waals surface area (Å²) in [6.07, 6.45) is 0. The molecule has 6 nitrogen and oxygen atoms in total. The van der Waals surface area contributed by atoms with Crippen LogP contribution in [-0.2, 0) is 0 Å². The smallest absolute Gasteiger partial charge is 0.265 e. The molecule has 0 aliphatic rings. The standard InChI is InChI=1S/C18H19N5OS/c1-12-19-16(11-17(20-12)23(2)3)21-13-6-8-14(9-7-13)22-18(24)15-5-4-10-25-15/h4-11H,1-3H3,(H,22,24)(H,19,20,21). The average molecular weight is 353 g/mol. The fourth-order valence-electron chi connectivity index (χ4n) is 2.23. The zero-order chi connectivity index (χ0) is 17.8. The molecule has 2 aromatic heterocycles. The first kappa shape index (κ1) is 16.9. The second kappa shape index (κ2) is 7.31. The fraction of sp³-hybridized carbons (Fsp3) is 0.167. The van der Waals surface area contributed by atoms with Crippen LogP contribution in [-0.4, -0.2) is 30.0 Å². The third kappa shape index (κ3) is 4.33. The molecule has 0 bridgehead atoms. The minimum Gasteiger partial charge on any atom is -0.363 e. The molecule has 7 heteroatoms. The van der Waals surface area contributed by atoms with Crippen molar-refractivity contribution < 1.29 is 4.79 Å². The fourth-order valence-corrected chi connectivity index (χ4v) is 2.85. The highest BCUT2D eigenvalue weighted by molar-refractivity contribution is 7.12. The largest absolute Gasteiger partial charge is 0.363 e. The molecule has 0 unspecified atom stereocenters. The quantitative estimate of drug-likeness (QED) is 0.728. The Balaban J connectivity index is 1.70. The number of aryl methyl sites for hydroxylation is 1.